The second-order valence-corrected chi connectivity index (χ2v) is 12.9. The predicted molar refractivity (Wildman–Crippen MR) is 165 cm³/mol. The van der Waals surface area contributed by atoms with Crippen LogP contribution in [0.3, 0.4) is 0 Å². The molecule has 6 rings (SSSR count). The van der Waals surface area contributed by atoms with Gasteiger partial charge in [-0.3, -0.25) is 9.69 Å². The number of nitrogens with zero attached hydrogens (tertiary/aromatic N) is 9. The number of anilines is 3. The number of amides is 1. The number of aryl methyl sites for hydroxylation is 1. The number of carbonyl (C=O) groups excluding carboxylic acids is 3. The van der Waals surface area contributed by atoms with Gasteiger partial charge in [0, 0.05) is 44.8 Å². The Morgan fingerprint density at radius 3 is 2.48 bits per heavy atom. The zero-order valence-electron chi connectivity index (χ0n) is 24.9. The number of nitriles is 1. The molecule has 0 unspecified atom stereocenters. The molecule has 1 aromatic carbocycles. The van der Waals surface area contributed by atoms with Crippen LogP contribution in [0.15, 0.2) is 24.3 Å². The van der Waals surface area contributed by atoms with E-state index in [-0.39, 0.29) is 23.9 Å². The van der Waals surface area contributed by atoms with Crippen molar-refractivity contribution in [1.29, 1.82) is 5.26 Å². The van der Waals surface area contributed by atoms with E-state index in [2.05, 4.69) is 29.7 Å². The van der Waals surface area contributed by atoms with Crippen molar-refractivity contribution in [3.63, 3.8) is 0 Å². The van der Waals surface area contributed by atoms with E-state index in [9.17, 15) is 14.4 Å². The SMILES string of the molecule is CCc1nc2sc(N3CC[C@H](N(C)CC(=O)N4CC(C)C4)C3)nn2c1N(C)c1nc(-c2ccc(F)cc2)c(C#N)s1.O=C=O. The Bertz CT molecular complexity index is 1720. The summed E-state index contributed by atoms with van der Waals surface area (Å²) in [5.74, 6) is 1.30. The van der Waals surface area contributed by atoms with Gasteiger partial charge >= 0.3 is 6.15 Å². The molecule has 15 heteroatoms. The molecular formula is C29H32FN9O3S2. The number of fused-ring (bicyclic) bond motifs is 1. The molecule has 5 heterocycles. The van der Waals surface area contributed by atoms with Crippen molar-refractivity contribution in [3.8, 4) is 17.3 Å². The molecular weight excluding hydrogens is 606 g/mol. The van der Waals surface area contributed by atoms with Crippen LogP contribution in [0.25, 0.3) is 16.2 Å². The van der Waals surface area contributed by atoms with Crippen LogP contribution < -0.4 is 9.80 Å². The summed E-state index contributed by atoms with van der Waals surface area (Å²) in [6, 6.07) is 8.54. The monoisotopic (exact) mass is 637 g/mol. The molecule has 12 nitrogen and oxygen atoms in total. The summed E-state index contributed by atoms with van der Waals surface area (Å²) in [5.41, 5.74) is 2.12. The molecule has 0 saturated carbocycles. The van der Waals surface area contributed by atoms with Crippen LogP contribution in [0.1, 0.15) is 30.8 Å². The van der Waals surface area contributed by atoms with Gasteiger partial charge in [-0.1, -0.05) is 36.5 Å². The Balaban J connectivity index is 0.00000123. The lowest BCUT2D eigenvalue weighted by atomic mass is 10.0. The fourth-order valence-electron chi connectivity index (χ4n) is 5.51. The van der Waals surface area contributed by atoms with Gasteiger partial charge in [-0.2, -0.15) is 19.4 Å². The second kappa shape index (κ2) is 13.2. The average Bonchev–Trinajstić information content (AvgIpc) is 3.78. The smallest absolute Gasteiger partial charge is 0.345 e. The quantitative estimate of drug-likeness (QED) is 0.282. The van der Waals surface area contributed by atoms with Gasteiger partial charge in [0.05, 0.1) is 12.2 Å². The molecule has 2 fully saturated rings. The zero-order chi connectivity index (χ0) is 31.5. The Morgan fingerprint density at radius 2 is 1.84 bits per heavy atom. The molecule has 0 radical (unpaired) electrons. The Hall–Kier alpha value is -4.22. The maximum atomic E-state index is 13.5. The molecule has 1 amide bonds. The Labute approximate surface area is 261 Å². The molecule has 0 spiro atoms. The lowest BCUT2D eigenvalue weighted by molar-refractivity contribution is -0.191. The summed E-state index contributed by atoms with van der Waals surface area (Å²) >= 11 is 2.84. The number of hydrogen-bond donors (Lipinski definition) is 0. The van der Waals surface area contributed by atoms with E-state index in [1.54, 1.807) is 23.5 Å². The third-order valence-electron chi connectivity index (χ3n) is 7.87. The summed E-state index contributed by atoms with van der Waals surface area (Å²) in [6.07, 6.45) is 1.93. The number of aromatic nitrogens is 4. The van der Waals surface area contributed by atoms with Crippen molar-refractivity contribution < 1.29 is 18.8 Å². The van der Waals surface area contributed by atoms with Crippen molar-refractivity contribution in [2.45, 2.75) is 32.7 Å². The van der Waals surface area contributed by atoms with Gasteiger partial charge < -0.3 is 14.7 Å². The molecule has 44 heavy (non-hydrogen) atoms. The van der Waals surface area contributed by atoms with E-state index in [0.29, 0.717) is 40.1 Å². The fraction of sp³-hybridized carbons (Fsp3) is 0.448. The maximum Gasteiger partial charge on any atom is 0.373 e. The molecule has 2 aliphatic rings. The standard InChI is InChI=1S/C28H32FN9OS2.CO2/c1-5-21-25(35(4)26-32-24(22(12-30)40-26)18-6-8-19(29)9-7-18)38-27(31-21)41-28(33-38)36-11-10-20(15-36)34(3)16-23(39)37-13-17(2)14-37;2-1-3/h6-9,17,20H,5,10-11,13-16H2,1-4H3;/t20-;/m0./s1. The van der Waals surface area contributed by atoms with Crippen LogP contribution in [-0.2, 0) is 20.8 Å². The number of rotatable bonds is 8. The fourth-order valence-corrected chi connectivity index (χ4v) is 7.31. The van der Waals surface area contributed by atoms with Crippen LogP contribution in [0.2, 0.25) is 0 Å². The number of carbonyl (C=O) groups is 1. The van der Waals surface area contributed by atoms with Gasteiger partial charge in [-0.25, -0.2) is 14.4 Å². The zero-order valence-corrected chi connectivity index (χ0v) is 26.5. The molecule has 0 bridgehead atoms. The molecule has 2 aliphatic heterocycles. The Kier molecular flexibility index (Phi) is 9.36. The van der Waals surface area contributed by atoms with Crippen molar-refractivity contribution in [3.05, 3.63) is 40.7 Å². The molecule has 1 atom stereocenters. The van der Waals surface area contributed by atoms with Crippen LogP contribution >= 0.6 is 22.7 Å². The van der Waals surface area contributed by atoms with Crippen LogP contribution in [0, 0.1) is 23.1 Å². The van der Waals surface area contributed by atoms with E-state index < -0.39 is 0 Å². The number of likely N-dealkylation sites (tertiary alicyclic amines) is 1. The van der Waals surface area contributed by atoms with Gasteiger partial charge in [0.2, 0.25) is 16.0 Å². The van der Waals surface area contributed by atoms with Gasteiger partial charge in [-0.15, -0.1) is 5.10 Å². The second-order valence-electron chi connectivity index (χ2n) is 11.0. The largest absolute Gasteiger partial charge is 0.373 e. The molecule has 230 valence electrons. The molecule has 0 aliphatic carbocycles. The maximum absolute atomic E-state index is 13.5. The van der Waals surface area contributed by atoms with E-state index in [1.165, 1.54) is 23.5 Å². The Morgan fingerprint density at radius 1 is 1.14 bits per heavy atom. The number of hydrogen-bond acceptors (Lipinski definition) is 12. The summed E-state index contributed by atoms with van der Waals surface area (Å²) < 4.78 is 15.4. The first-order valence-electron chi connectivity index (χ1n) is 14.2. The summed E-state index contributed by atoms with van der Waals surface area (Å²) in [6.45, 7) is 8.08. The summed E-state index contributed by atoms with van der Waals surface area (Å²) in [5, 5.41) is 16.3. The van der Waals surface area contributed by atoms with E-state index in [1.807, 2.05) is 28.4 Å². The van der Waals surface area contributed by atoms with Crippen molar-refractivity contribution in [1.82, 2.24) is 29.4 Å². The minimum absolute atomic E-state index is 0.209. The van der Waals surface area contributed by atoms with Gasteiger partial charge in [0.1, 0.15) is 22.5 Å². The molecule has 0 N–H and O–H groups in total. The number of benzene rings is 1. The minimum atomic E-state index is -0.334. The van der Waals surface area contributed by atoms with Crippen LogP contribution in [-0.4, -0.2) is 94.3 Å². The first kappa shape index (κ1) is 31.2. The third-order valence-corrected chi connectivity index (χ3v) is 9.88. The van der Waals surface area contributed by atoms with Crippen LogP contribution in [0.4, 0.5) is 20.5 Å². The van der Waals surface area contributed by atoms with E-state index >= 15 is 0 Å². The van der Waals surface area contributed by atoms with Crippen molar-refractivity contribution in [2.75, 3.05) is 56.6 Å². The van der Waals surface area contributed by atoms with Crippen molar-refractivity contribution >= 4 is 55.8 Å². The normalized spacial score (nSPS) is 16.4. The summed E-state index contributed by atoms with van der Waals surface area (Å²) in [4.78, 5) is 48.1. The van der Waals surface area contributed by atoms with Gasteiger partial charge in [0.25, 0.3) is 0 Å². The highest BCUT2D eigenvalue weighted by molar-refractivity contribution is 7.20. The summed E-state index contributed by atoms with van der Waals surface area (Å²) in [7, 11) is 3.95. The van der Waals surface area contributed by atoms with E-state index in [0.717, 1.165) is 54.2 Å². The first-order chi connectivity index (χ1) is 21.2. The number of likely N-dealkylation sites (N-methyl/N-ethyl adjacent to an activating group) is 1. The highest BCUT2D eigenvalue weighted by Crippen LogP contribution is 2.38. The lowest BCUT2D eigenvalue weighted by Gasteiger charge is -2.38. The number of halogens is 1. The third kappa shape index (κ3) is 6.20. The first-order valence-corrected chi connectivity index (χ1v) is 15.8. The lowest BCUT2D eigenvalue weighted by Crippen LogP contribution is -2.52. The topological polar surface area (TPSA) is 131 Å². The highest BCUT2D eigenvalue weighted by atomic mass is 32.1. The van der Waals surface area contributed by atoms with Crippen LogP contribution in [0.5, 0.6) is 0 Å². The van der Waals surface area contributed by atoms with Gasteiger partial charge in [0.15, 0.2) is 10.9 Å². The average molecular weight is 638 g/mol. The molecule has 2 saturated heterocycles. The molecule has 4 aromatic rings. The minimum Gasteiger partial charge on any atom is -0.345 e. The van der Waals surface area contributed by atoms with Crippen molar-refractivity contribution in [2.24, 2.45) is 5.92 Å². The number of imidazole rings is 1. The highest BCUT2D eigenvalue weighted by Gasteiger charge is 2.33. The number of thiazole rings is 1. The predicted octanol–water partition coefficient (Wildman–Crippen LogP) is 3.66. The molecule has 3 aromatic heterocycles. The van der Waals surface area contributed by atoms with Gasteiger partial charge in [-0.05, 0) is 50.1 Å². The van der Waals surface area contributed by atoms with E-state index in [4.69, 9.17) is 24.7 Å².